The average Bonchev–Trinajstić information content (AvgIpc) is 2.72. The molecule has 0 radical (unpaired) electrons. The highest BCUT2D eigenvalue weighted by atomic mass is 16.5. The molecule has 1 saturated heterocycles. The highest BCUT2D eigenvalue weighted by molar-refractivity contribution is 5.92. The van der Waals surface area contributed by atoms with E-state index in [1.54, 1.807) is 24.2 Å². The van der Waals surface area contributed by atoms with Crippen LogP contribution in [0.15, 0.2) is 30.3 Å². The van der Waals surface area contributed by atoms with Crippen LogP contribution in [0, 0.1) is 5.92 Å². The Balaban J connectivity index is 1.84. The van der Waals surface area contributed by atoms with E-state index in [9.17, 15) is 9.59 Å². The predicted octanol–water partition coefficient (Wildman–Crippen LogP) is 3.64. The van der Waals surface area contributed by atoms with Gasteiger partial charge in [0.05, 0.1) is 13.0 Å². The maximum atomic E-state index is 12.5. The zero-order valence-corrected chi connectivity index (χ0v) is 16.6. The smallest absolute Gasteiger partial charge is 0.246 e. The Labute approximate surface area is 162 Å². The van der Waals surface area contributed by atoms with E-state index in [0.29, 0.717) is 13.1 Å². The van der Waals surface area contributed by atoms with Crippen molar-refractivity contribution in [1.29, 1.82) is 0 Å². The lowest BCUT2D eigenvalue weighted by Gasteiger charge is -2.31. The van der Waals surface area contributed by atoms with Crippen LogP contribution in [0.3, 0.4) is 0 Å². The highest BCUT2D eigenvalue weighted by Crippen LogP contribution is 2.20. The second-order valence-corrected chi connectivity index (χ2v) is 7.05. The van der Waals surface area contributed by atoms with E-state index in [4.69, 9.17) is 4.74 Å². The normalized spacial score (nSPS) is 17.1. The molecular weight excluding hydrogens is 340 g/mol. The number of unbranched alkanes of at least 4 members (excludes halogenated alkanes) is 3. The monoisotopic (exact) mass is 372 g/mol. The molecule has 1 aromatic carbocycles. The first kappa shape index (κ1) is 21.0. The van der Waals surface area contributed by atoms with Crippen molar-refractivity contribution in [2.24, 2.45) is 5.92 Å². The predicted molar refractivity (Wildman–Crippen MR) is 108 cm³/mol. The Bertz CT molecular complexity index is 642. The van der Waals surface area contributed by atoms with Crippen molar-refractivity contribution in [3.05, 3.63) is 35.9 Å². The molecule has 1 aliphatic rings. The molecule has 1 heterocycles. The highest BCUT2D eigenvalue weighted by Gasteiger charge is 2.27. The molecule has 0 aromatic heterocycles. The van der Waals surface area contributed by atoms with Gasteiger partial charge in [0.15, 0.2) is 0 Å². The van der Waals surface area contributed by atoms with Crippen LogP contribution in [0.5, 0.6) is 5.75 Å². The van der Waals surface area contributed by atoms with Crippen LogP contribution >= 0.6 is 0 Å². The number of likely N-dealkylation sites (tertiary alicyclic amines) is 1. The van der Waals surface area contributed by atoms with Crippen molar-refractivity contribution in [3.8, 4) is 5.75 Å². The molecule has 1 aromatic rings. The average molecular weight is 373 g/mol. The first-order valence-corrected chi connectivity index (χ1v) is 10.0. The molecule has 0 spiro atoms. The second kappa shape index (κ2) is 11.4. The fraction of sp³-hybridized carbons (Fsp3) is 0.545. The summed E-state index contributed by atoms with van der Waals surface area (Å²) in [6.45, 7) is 4.11. The number of carbonyl (C=O) groups is 2. The van der Waals surface area contributed by atoms with Crippen molar-refractivity contribution in [1.82, 2.24) is 10.2 Å². The molecule has 1 aliphatic heterocycles. The van der Waals surface area contributed by atoms with E-state index in [-0.39, 0.29) is 17.7 Å². The number of rotatable bonds is 9. The molecule has 1 N–H and O–H groups in total. The van der Waals surface area contributed by atoms with Crippen LogP contribution in [-0.4, -0.2) is 43.5 Å². The lowest BCUT2D eigenvalue weighted by atomic mass is 9.97. The van der Waals surface area contributed by atoms with Gasteiger partial charge in [0.1, 0.15) is 5.75 Å². The van der Waals surface area contributed by atoms with Crippen molar-refractivity contribution in [2.45, 2.75) is 45.4 Å². The number of piperidine rings is 1. The van der Waals surface area contributed by atoms with Gasteiger partial charge in [0.2, 0.25) is 11.8 Å². The summed E-state index contributed by atoms with van der Waals surface area (Å²) in [5.41, 5.74) is 0.867. The van der Waals surface area contributed by atoms with Crippen molar-refractivity contribution in [2.75, 3.05) is 26.7 Å². The van der Waals surface area contributed by atoms with E-state index in [2.05, 4.69) is 12.2 Å². The quantitative estimate of drug-likeness (QED) is 0.532. The number of amides is 2. The topological polar surface area (TPSA) is 58.6 Å². The van der Waals surface area contributed by atoms with Crippen LogP contribution in [0.1, 0.15) is 51.0 Å². The van der Waals surface area contributed by atoms with Crippen LogP contribution in [0.25, 0.3) is 6.08 Å². The van der Waals surface area contributed by atoms with E-state index in [1.165, 1.54) is 12.8 Å². The van der Waals surface area contributed by atoms with Crippen molar-refractivity contribution >= 4 is 17.9 Å². The van der Waals surface area contributed by atoms with Gasteiger partial charge in [-0.1, -0.05) is 44.4 Å². The number of benzene rings is 1. The molecule has 0 aliphatic carbocycles. The summed E-state index contributed by atoms with van der Waals surface area (Å²) >= 11 is 0. The molecule has 0 saturated carbocycles. The van der Waals surface area contributed by atoms with Gasteiger partial charge >= 0.3 is 0 Å². The maximum absolute atomic E-state index is 12.5. The summed E-state index contributed by atoms with van der Waals surface area (Å²) in [6.07, 6.45) is 9.64. The van der Waals surface area contributed by atoms with Gasteiger partial charge in [-0.25, -0.2) is 0 Å². The molecule has 1 fully saturated rings. The summed E-state index contributed by atoms with van der Waals surface area (Å²) in [7, 11) is 1.62. The minimum atomic E-state index is -0.103. The zero-order chi connectivity index (χ0) is 19.5. The number of hydrogen-bond donors (Lipinski definition) is 1. The molecule has 2 rings (SSSR count). The summed E-state index contributed by atoms with van der Waals surface area (Å²) in [4.78, 5) is 26.7. The second-order valence-electron chi connectivity index (χ2n) is 7.05. The first-order valence-electron chi connectivity index (χ1n) is 10.0. The Morgan fingerprint density at radius 1 is 1.26 bits per heavy atom. The number of ether oxygens (including phenoxy) is 1. The standard InChI is InChI=1S/C22H32N2O3/c1-3-4-5-8-15-23-22(26)19-11-9-16-24(17-19)21(25)14-13-18-10-6-7-12-20(18)27-2/h6-7,10,12-14,19H,3-5,8-9,11,15-17H2,1-2H3,(H,23,26)/b14-13+. The largest absolute Gasteiger partial charge is 0.496 e. The molecule has 27 heavy (non-hydrogen) atoms. The van der Waals surface area contributed by atoms with E-state index >= 15 is 0 Å². The van der Waals surface area contributed by atoms with Crippen LogP contribution in [0.2, 0.25) is 0 Å². The van der Waals surface area contributed by atoms with Gasteiger partial charge in [0, 0.05) is 31.3 Å². The Morgan fingerprint density at radius 2 is 2.07 bits per heavy atom. The number of nitrogens with one attached hydrogen (secondary N) is 1. The fourth-order valence-electron chi connectivity index (χ4n) is 3.37. The number of carbonyl (C=O) groups excluding carboxylic acids is 2. The molecule has 1 atom stereocenters. The molecule has 5 heteroatoms. The molecule has 2 amide bonds. The summed E-state index contributed by atoms with van der Waals surface area (Å²) in [5, 5.41) is 3.03. The Kier molecular flexibility index (Phi) is 8.89. The minimum Gasteiger partial charge on any atom is -0.496 e. The Morgan fingerprint density at radius 3 is 2.85 bits per heavy atom. The lowest BCUT2D eigenvalue weighted by molar-refractivity contribution is -0.132. The number of nitrogens with zero attached hydrogens (tertiary/aromatic N) is 1. The van der Waals surface area contributed by atoms with Gasteiger partial charge in [0.25, 0.3) is 0 Å². The van der Waals surface area contributed by atoms with Gasteiger partial charge < -0.3 is 15.0 Å². The van der Waals surface area contributed by atoms with Gasteiger partial charge in [-0.15, -0.1) is 0 Å². The summed E-state index contributed by atoms with van der Waals surface area (Å²) in [5.74, 6) is 0.660. The van der Waals surface area contributed by atoms with Crippen LogP contribution in [0.4, 0.5) is 0 Å². The van der Waals surface area contributed by atoms with Crippen molar-refractivity contribution < 1.29 is 14.3 Å². The van der Waals surface area contributed by atoms with Gasteiger partial charge in [-0.05, 0) is 31.4 Å². The molecule has 148 valence electrons. The van der Waals surface area contributed by atoms with Gasteiger partial charge in [-0.2, -0.15) is 0 Å². The SMILES string of the molecule is CCCCCCNC(=O)C1CCCN(C(=O)/C=C/c2ccccc2OC)C1. The van der Waals surface area contributed by atoms with Crippen LogP contribution < -0.4 is 10.1 Å². The zero-order valence-electron chi connectivity index (χ0n) is 16.6. The third-order valence-electron chi connectivity index (χ3n) is 4.98. The molecule has 1 unspecified atom stereocenters. The van der Waals surface area contributed by atoms with Gasteiger partial charge in [-0.3, -0.25) is 9.59 Å². The maximum Gasteiger partial charge on any atom is 0.246 e. The van der Waals surface area contributed by atoms with E-state index < -0.39 is 0 Å². The molecular formula is C22H32N2O3. The summed E-state index contributed by atoms with van der Waals surface area (Å²) in [6, 6.07) is 7.59. The Hall–Kier alpha value is -2.30. The number of methoxy groups -OCH3 is 1. The molecule has 0 bridgehead atoms. The first-order chi connectivity index (χ1) is 13.2. The summed E-state index contributed by atoms with van der Waals surface area (Å²) < 4.78 is 5.30. The van der Waals surface area contributed by atoms with Crippen LogP contribution in [-0.2, 0) is 9.59 Å². The molecule has 5 nitrogen and oxygen atoms in total. The minimum absolute atomic E-state index is 0.0543. The van der Waals surface area contributed by atoms with Crippen molar-refractivity contribution in [3.63, 3.8) is 0 Å². The van der Waals surface area contributed by atoms with E-state index in [0.717, 1.165) is 43.5 Å². The van der Waals surface area contributed by atoms with E-state index in [1.807, 2.05) is 24.3 Å². The number of para-hydroxylation sites is 1. The lowest BCUT2D eigenvalue weighted by Crippen LogP contribution is -2.45. The third kappa shape index (κ3) is 6.74. The number of hydrogen-bond acceptors (Lipinski definition) is 3. The third-order valence-corrected chi connectivity index (χ3v) is 4.98. The fourth-order valence-corrected chi connectivity index (χ4v) is 3.37.